The molecule has 0 spiro atoms. The van der Waals surface area contributed by atoms with Crippen molar-refractivity contribution in [3.8, 4) is 0 Å². The molecule has 2 atom stereocenters. The van der Waals surface area contributed by atoms with Crippen molar-refractivity contribution in [2.24, 2.45) is 0 Å². The van der Waals surface area contributed by atoms with Crippen LogP contribution in [-0.4, -0.2) is 82.3 Å². The number of carboxylic acid groups (broad SMARTS) is 1. The van der Waals surface area contributed by atoms with Crippen molar-refractivity contribution < 1.29 is 42.9 Å². The minimum atomic E-state index is -1.62. The lowest BCUT2D eigenvalue weighted by Gasteiger charge is -2.26. The van der Waals surface area contributed by atoms with Crippen molar-refractivity contribution in [3.05, 3.63) is 85.1 Å². The monoisotopic (exact) mass is 1440 g/mol. The summed E-state index contributed by atoms with van der Waals surface area (Å²) in [5, 5.41) is 11.9. The number of likely N-dealkylation sites (N-methyl/N-ethyl adjacent to an activating group) is 1. The molecule has 0 aromatic heterocycles. The van der Waals surface area contributed by atoms with Crippen molar-refractivity contribution in [1.82, 2.24) is 0 Å². The van der Waals surface area contributed by atoms with E-state index in [0.717, 1.165) is 77.0 Å². The van der Waals surface area contributed by atoms with Gasteiger partial charge >= 0.3 is 11.9 Å². The van der Waals surface area contributed by atoms with Crippen LogP contribution in [0.4, 0.5) is 0 Å². The molecule has 0 radical (unpaired) electrons. The van der Waals surface area contributed by atoms with Crippen LogP contribution < -0.4 is 5.11 Å². The topological polar surface area (TPSA) is 111 Å². The maximum absolute atomic E-state index is 13.0. The van der Waals surface area contributed by atoms with Crippen molar-refractivity contribution >= 4 is 17.9 Å². The summed E-state index contributed by atoms with van der Waals surface area (Å²) in [6, 6.07) is 0. The van der Waals surface area contributed by atoms with Crippen LogP contribution in [0.3, 0.4) is 0 Å². The standard InChI is InChI=1S/C94H171NO8/c1-6-8-10-12-14-16-18-20-22-24-26-28-30-32-34-36-38-40-42-44-46-48-50-52-54-56-58-60-62-64-66-68-70-72-74-76-78-80-82-84-91(96)101-88-90(89-102-94(93(98)99)100-87-86-95(3,4)5)103-92(97)85-83-81-79-77-75-73-71-69-67-65-63-61-59-57-55-53-51-49-47-45-43-41-39-37-35-33-31-29-27-25-23-21-19-17-15-13-11-9-7-2/h9,11,15,17-18,20-21,23-24,26-27,29-30,32,90,94H,6-8,10,12-14,16,19,22,25,28,31,33-89H2,1-5H3/b11-9-,17-15-,20-18-,23-21-,26-24-,29-27-,32-30-. The van der Waals surface area contributed by atoms with Gasteiger partial charge in [-0.3, -0.25) is 9.59 Å². The molecule has 0 amide bonds. The molecule has 0 N–H and O–H groups in total. The Kier molecular flexibility index (Phi) is 81.2. The van der Waals surface area contributed by atoms with Gasteiger partial charge in [0.15, 0.2) is 12.4 Å². The Hall–Kier alpha value is -3.53. The van der Waals surface area contributed by atoms with Gasteiger partial charge in [0.2, 0.25) is 0 Å². The Bertz CT molecular complexity index is 1980. The van der Waals surface area contributed by atoms with E-state index in [-0.39, 0.29) is 32.2 Å². The predicted molar refractivity (Wildman–Crippen MR) is 444 cm³/mol. The van der Waals surface area contributed by atoms with Crippen LogP contribution in [-0.2, 0) is 33.3 Å². The molecule has 9 heteroatoms. The van der Waals surface area contributed by atoms with Crippen molar-refractivity contribution in [3.63, 3.8) is 0 Å². The summed E-state index contributed by atoms with van der Waals surface area (Å²) in [7, 11) is 5.96. The van der Waals surface area contributed by atoms with E-state index < -0.39 is 24.3 Å². The third-order valence-corrected chi connectivity index (χ3v) is 20.1. The normalized spacial score (nSPS) is 13.0. The fourth-order valence-corrected chi connectivity index (χ4v) is 13.4. The van der Waals surface area contributed by atoms with Crippen LogP contribution >= 0.6 is 0 Å². The zero-order valence-electron chi connectivity index (χ0n) is 68.9. The van der Waals surface area contributed by atoms with Gasteiger partial charge in [0.1, 0.15) is 13.2 Å². The molecule has 0 saturated carbocycles. The van der Waals surface area contributed by atoms with E-state index >= 15 is 0 Å². The number of ether oxygens (including phenoxy) is 4. The highest BCUT2D eigenvalue weighted by atomic mass is 16.7. The van der Waals surface area contributed by atoms with E-state index in [1.54, 1.807) is 0 Å². The van der Waals surface area contributed by atoms with Crippen LogP contribution in [0.15, 0.2) is 85.1 Å². The first kappa shape index (κ1) is 99.5. The number of quaternary nitrogens is 1. The number of hydrogen-bond donors (Lipinski definition) is 0. The molecule has 0 heterocycles. The number of aliphatic carboxylic acids is 1. The predicted octanol–water partition coefficient (Wildman–Crippen LogP) is 27.9. The van der Waals surface area contributed by atoms with Gasteiger partial charge in [0, 0.05) is 12.8 Å². The molecule has 103 heavy (non-hydrogen) atoms. The van der Waals surface area contributed by atoms with Gasteiger partial charge < -0.3 is 33.3 Å². The lowest BCUT2D eigenvalue weighted by molar-refractivity contribution is -0.870. The summed E-state index contributed by atoms with van der Waals surface area (Å²) in [6.45, 7) is 4.69. The van der Waals surface area contributed by atoms with Gasteiger partial charge in [0.25, 0.3) is 0 Å². The smallest absolute Gasteiger partial charge is 0.306 e. The minimum absolute atomic E-state index is 0.150. The highest BCUT2D eigenvalue weighted by Gasteiger charge is 2.22. The molecule has 9 nitrogen and oxygen atoms in total. The second-order valence-electron chi connectivity index (χ2n) is 31.5. The molecule has 0 fully saturated rings. The van der Waals surface area contributed by atoms with Gasteiger partial charge in [-0.15, -0.1) is 0 Å². The molecule has 600 valence electrons. The first-order valence-electron chi connectivity index (χ1n) is 44.7. The number of hydrogen-bond acceptors (Lipinski definition) is 8. The first-order chi connectivity index (χ1) is 50.6. The fourth-order valence-electron chi connectivity index (χ4n) is 13.4. The highest BCUT2D eigenvalue weighted by Crippen LogP contribution is 2.20. The maximum Gasteiger partial charge on any atom is 0.306 e. The number of carboxylic acids is 1. The molecule has 2 unspecified atom stereocenters. The van der Waals surface area contributed by atoms with Crippen molar-refractivity contribution in [2.75, 3.05) is 47.5 Å². The van der Waals surface area contributed by atoms with Crippen LogP contribution in [0.2, 0.25) is 0 Å². The van der Waals surface area contributed by atoms with Gasteiger partial charge in [-0.05, 0) is 89.9 Å². The molecule has 0 aliphatic carbocycles. The van der Waals surface area contributed by atoms with Crippen molar-refractivity contribution in [2.45, 2.75) is 450 Å². The van der Waals surface area contributed by atoms with Crippen LogP contribution in [0.25, 0.3) is 0 Å². The summed E-state index contributed by atoms with van der Waals surface area (Å²) < 4.78 is 22.9. The molecule has 0 aromatic rings. The SMILES string of the molecule is CC/C=C\C/C=C\C/C=C\C/C=C\CCCCCCCCCCCCCCCCCCCCCCCCCCCCC(=O)OC(COC(=O)CCCCCCCCCCCCCCCCCCCCCCCCCC/C=C\C/C=C\C/C=C\CCCCCCC)COC(OCC[N+](C)(C)C)C(=O)[O-]. The van der Waals surface area contributed by atoms with Gasteiger partial charge in [-0.25, -0.2) is 0 Å². The number of allylic oxidation sites excluding steroid dienone is 14. The van der Waals surface area contributed by atoms with E-state index in [1.165, 1.54) is 334 Å². The summed E-state index contributed by atoms with van der Waals surface area (Å²) in [6.07, 6.45) is 113. The van der Waals surface area contributed by atoms with Crippen LogP contribution in [0, 0.1) is 0 Å². The van der Waals surface area contributed by atoms with Crippen LogP contribution in [0.1, 0.15) is 438 Å². The van der Waals surface area contributed by atoms with Gasteiger partial charge in [-0.2, -0.15) is 0 Å². The maximum atomic E-state index is 13.0. The molecule has 0 bridgehead atoms. The van der Waals surface area contributed by atoms with E-state index in [9.17, 15) is 19.5 Å². The highest BCUT2D eigenvalue weighted by molar-refractivity contribution is 5.70. The molecule has 0 aromatic carbocycles. The largest absolute Gasteiger partial charge is 0.545 e. The summed E-state index contributed by atoms with van der Waals surface area (Å²) in [5.41, 5.74) is 0. The number of carbonyl (C=O) groups excluding carboxylic acids is 3. The van der Waals surface area contributed by atoms with Gasteiger partial charge in [-0.1, -0.05) is 420 Å². The lowest BCUT2D eigenvalue weighted by Crippen LogP contribution is -2.44. The number of esters is 2. The second-order valence-corrected chi connectivity index (χ2v) is 31.5. The average molecular weight is 1440 g/mol. The third kappa shape index (κ3) is 85.6. The molecule has 0 rings (SSSR count). The quantitative estimate of drug-likeness (QED) is 0.0195. The minimum Gasteiger partial charge on any atom is -0.545 e. The average Bonchev–Trinajstić information content (AvgIpc) is 0.985. The van der Waals surface area contributed by atoms with Gasteiger partial charge in [0.05, 0.1) is 40.3 Å². The number of unbranched alkanes of at least 4 members (excludes halogenated alkanes) is 55. The zero-order chi connectivity index (χ0) is 74.6. The third-order valence-electron chi connectivity index (χ3n) is 20.1. The Balaban J connectivity index is 3.91. The Morgan fingerprint density at radius 3 is 0.825 bits per heavy atom. The lowest BCUT2D eigenvalue weighted by atomic mass is 10.0. The molecule has 0 saturated heterocycles. The second kappa shape index (κ2) is 84.1. The summed E-state index contributed by atoms with van der Waals surface area (Å²) in [5.74, 6) is -2.25. The molecule has 0 aliphatic heterocycles. The molecule has 0 aliphatic rings. The number of nitrogens with zero attached hydrogens (tertiary/aromatic N) is 1. The Labute approximate surface area is 640 Å². The Morgan fingerprint density at radius 2 is 0.553 bits per heavy atom. The van der Waals surface area contributed by atoms with E-state index in [1.807, 2.05) is 21.1 Å². The van der Waals surface area contributed by atoms with E-state index in [4.69, 9.17) is 18.9 Å². The van der Waals surface area contributed by atoms with E-state index in [0.29, 0.717) is 17.4 Å². The van der Waals surface area contributed by atoms with Crippen molar-refractivity contribution in [1.29, 1.82) is 0 Å². The Morgan fingerprint density at radius 1 is 0.301 bits per heavy atom. The summed E-state index contributed by atoms with van der Waals surface area (Å²) in [4.78, 5) is 37.7. The number of rotatable bonds is 84. The molecular formula is C94H171NO8. The fraction of sp³-hybridized carbons (Fsp3) is 0.819. The van der Waals surface area contributed by atoms with E-state index in [2.05, 4.69) is 98.9 Å². The first-order valence-corrected chi connectivity index (χ1v) is 44.7. The van der Waals surface area contributed by atoms with Crippen LogP contribution in [0.5, 0.6) is 0 Å². The molecular weight excluding hydrogens is 1270 g/mol. The number of carbonyl (C=O) groups is 3. The summed E-state index contributed by atoms with van der Waals surface area (Å²) >= 11 is 0. The zero-order valence-corrected chi connectivity index (χ0v) is 68.9.